The number of anilines is 1. The summed E-state index contributed by atoms with van der Waals surface area (Å²) in [5, 5.41) is 11.8. The van der Waals surface area contributed by atoms with Crippen molar-refractivity contribution in [2.24, 2.45) is 0 Å². The Labute approximate surface area is 186 Å². The molecule has 1 aromatic carbocycles. The minimum absolute atomic E-state index is 0.184. The molecule has 0 bridgehead atoms. The zero-order chi connectivity index (χ0) is 21.1. The Morgan fingerprint density at radius 3 is 2.77 bits per heavy atom. The van der Waals surface area contributed by atoms with Gasteiger partial charge >= 0.3 is 0 Å². The lowest BCUT2D eigenvalue weighted by Crippen LogP contribution is -2.36. The fourth-order valence-electron chi connectivity index (χ4n) is 2.70. The fourth-order valence-corrected chi connectivity index (χ4v) is 4.63. The molecule has 1 aliphatic heterocycles. The lowest BCUT2D eigenvalue weighted by Gasteiger charge is -2.12. The highest BCUT2D eigenvalue weighted by Gasteiger charge is 2.33. The van der Waals surface area contributed by atoms with Crippen LogP contribution < -0.4 is 5.32 Å². The van der Waals surface area contributed by atoms with Crippen LogP contribution in [0.15, 0.2) is 51.8 Å². The van der Waals surface area contributed by atoms with Gasteiger partial charge in [-0.05, 0) is 18.6 Å². The molecule has 2 amide bonds. The first-order chi connectivity index (χ1) is 14.5. The van der Waals surface area contributed by atoms with Crippen molar-refractivity contribution < 1.29 is 14.0 Å². The number of hydrogen-bond acceptors (Lipinski definition) is 8. The van der Waals surface area contributed by atoms with E-state index in [1.807, 2.05) is 43.3 Å². The number of hydrogen-bond donors (Lipinski definition) is 1. The maximum Gasteiger partial charge on any atom is 0.266 e. The number of furan rings is 1. The van der Waals surface area contributed by atoms with Gasteiger partial charge in [-0.3, -0.25) is 19.8 Å². The van der Waals surface area contributed by atoms with Crippen molar-refractivity contribution in [3.63, 3.8) is 0 Å². The van der Waals surface area contributed by atoms with E-state index in [1.54, 1.807) is 12.1 Å². The summed E-state index contributed by atoms with van der Waals surface area (Å²) in [7, 11) is 0. The molecule has 1 fully saturated rings. The van der Waals surface area contributed by atoms with Gasteiger partial charge in [0, 0.05) is 11.6 Å². The van der Waals surface area contributed by atoms with E-state index in [2.05, 4.69) is 15.5 Å². The van der Waals surface area contributed by atoms with Crippen LogP contribution in [0.2, 0.25) is 0 Å². The molecule has 0 atom stereocenters. The van der Waals surface area contributed by atoms with E-state index >= 15 is 0 Å². The third kappa shape index (κ3) is 4.50. The zero-order valence-corrected chi connectivity index (χ0v) is 18.3. The van der Waals surface area contributed by atoms with E-state index in [0.29, 0.717) is 25.9 Å². The predicted octanol–water partition coefficient (Wildman–Crippen LogP) is 4.20. The Morgan fingerprint density at radius 1 is 1.23 bits per heavy atom. The Bertz CT molecular complexity index is 1140. The molecular formula is C20H16N4O3S3. The number of nitrogens with zero attached hydrogens (tertiary/aromatic N) is 3. The standard InChI is InChI=1S/C20H16N4O3S3/c1-2-17-22-23-19(30-17)21-16(25)11-24-18(26)15(29-20(24)28)10-13-8-9-14(27-13)12-6-4-3-5-7-12/h3-10H,2,11H2,1H3,(H,21,23,25)/b15-10-. The molecule has 0 saturated carbocycles. The van der Waals surface area contributed by atoms with Gasteiger partial charge in [-0.2, -0.15) is 0 Å². The number of amides is 2. The number of nitrogens with one attached hydrogen (secondary N) is 1. The number of carbonyl (C=O) groups excluding carboxylic acids is 2. The molecule has 30 heavy (non-hydrogen) atoms. The monoisotopic (exact) mass is 456 g/mol. The Kier molecular flexibility index (Phi) is 6.07. The predicted molar refractivity (Wildman–Crippen MR) is 122 cm³/mol. The van der Waals surface area contributed by atoms with Crippen molar-refractivity contribution in [3.05, 3.63) is 58.1 Å². The molecule has 0 spiro atoms. The van der Waals surface area contributed by atoms with Crippen LogP contribution in [0.3, 0.4) is 0 Å². The van der Waals surface area contributed by atoms with Gasteiger partial charge in [0.05, 0.1) is 4.91 Å². The highest BCUT2D eigenvalue weighted by Crippen LogP contribution is 2.33. The van der Waals surface area contributed by atoms with Gasteiger partial charge in [0.1, 0.15) is 27.4 Å². The van der Waals surface area contributed by atoms with Crippen LogP contribution in [0, 0.1) is 0 Å². The summed E-state index contributed by atoms with van der Waals surface area (Å²) in [4.78, 5) is 26.7. The van der Waals surface area contributed by atoms with Gasteiger partial charge in [-0.1, -0.05) is 72.6 Å². The first-order valence-corrected chi connectivity index (χ1v) is 11.1. The van der Waals surface area contributed by atoms with Crippen molar-refractivity contribution in [2.45, 2.75) is 13.3 Å². The molecule has 0 unspecified atom stereocenters. The van der Waals surface area contributed by atoms with Crippen LogP contribution in [-0.2, 0) is 16.0 Å². The normalized spacial score (nSPS) is 15.2. The molecule has 1 saturated heterocycles. The van der Waals surface area contributed by atoms with Crippen molar-refractivity contribution in [1.29, 1.82) is 0 Å². The highest BCUT2D eigenvalue weighted by molar-refractivity contribution is 8.26. The highest BCUT2D eigenvalue weighted by atomic mass is 32.2. The van der Waals surface area contributed by atoms with E-state index < -0.39 is 0 Å². The summed E-state index contributed by atoms with van der Waals surface area (Å²) in [6, 6.07) is 13.3. The minimum atomic E-state index is -0.379. The van der Waals surface area contributed by atoms with Gasteiger partial charge in [-0.25, -0.2) is 0 Å². The van der Waals surface area contributed by atoms with Crippen LogP contribution in [0.4, 0.5) is 5.13 Å². The van der Waals surface area contributed by atoms with E-state index in [1.165, 1.54) is 16.2 Å². The van der Waals surface area contributed by atoms with Crippen molar-refractivity contribution in [3.8, 4) is 11.3 Å². The Hall–Kier alpha value is -2.82. The number of benzene rings is 1. The first kappa shape index (κ1) is 20.5. The molecule has 2 aromatic heterocycles. The number of aryl methyl sites for hydroxylation is 1. The van der Waals surface area contributed by atoms with E-state index in [9.17, 15) is 9.59 Å². The molecule has 7 nitrogen and oxygen atoms in total. The largest absolute Gasteiger partial charge is 0.457 e. The van der Waals surface area contributed by atoms with Crippen LogP contribution >= 0.6 is 35.3 Å². The second kappa shape index (κ2) is 8.90. The average molecular weight is 457 g/mol. The lowest BCUT2D eigenvalue weighted by molar-refractivity contribution is -0.126. The van der Waals surface area contributed by atoms with E-state index in [-0.39, 0.29) is 18.4 Å². The van der Waals surface area contributed by atoms with Gasteiger partial charge in [0.25, 0.3) is 5.91 Å². The molecule has 3 heterocycles. The summed E-state index contributed by atoms with van der Waals surface area (Å²) < 4.78 is 6.15. The van der Waals surface area contributed by atoms with Crippen LogP contribution in [-0.4, -0.2) is 37.8 Å². The maximum absolute atomic E-state index is 12.7. The van der Waals surface area contributed by atoms with Crippen molar-refractivity contribution >= 4 is 62.7 Å². The molecule has 1 N–H and O–H groups in total. The molecule has 0 aliphatic carbocycles. The molecule has 1 aliphatic rings. The third-order valence-electron chi connectivity index (χ3n) is 4.15. The maximum atomic E-state index is 12.7. The molecule has 0 radical (unpaired) electrons. The topological polar surface area (TPSA) is 88.3 Å². The fraction of sp³-hybridized carbons (Fsp3) is 0.150. The van der Waals surface area contributed by atoms with Crippen LogP contribution in [0.25, 0.3) is 17.4 Å². The minimum Gasteiger partial charge on any atom is -0.457 e. The van der Waals surface area contributed by atoms with Crippen LogP contribution in [0.5, 0.6) is 0 Å². The molecule has 152 valence electrons. The number of carbonyl (C=O) groups is 2. The van der Waals surface area contributed by atoms with Gasteiger partial charge in [-0.15, -0.1) is 10.2 Å². The lowest BCUT2D eigenvalue weighted by atomic mass is 10.2. The molecule has 4 rings (SSSR count). The van der Waals surface area contributed by atoms with Gasteiger partial charge < -0.3 is 4.42 Å². The summed E-state index contributed by atoms with van der Waals surface area (Å²) in [5.41, 5.74) is 0.948. The molecule has 10 heteroatoms. The van der Waals surface area contributed by atoms with E-state index in [0.717, 1.165) is 28.8 Å². The SMILES string of the molecule is CCc1nnc(NC(=O)CN2C(=O)/C(=C/c3ccc(-c4ccccc4)o3)SC2=S)s1. The smallest absolute Gasteiger partial charge is 0.266 e. The third-order valence-corrected chi connectivity index (χ3v) is 6.51. The summed E-state index contributed by atoms with van der Waals surface area (Å²) in [6.07, 6.45) is 2.38. The second-order valence-electron chi connectivity index (χ2n) is 6.24. The summed E-state index contributed by atoms with van der Waals surface area (Å²) >= 11 is 7.74. The van der Waals surface area contributed by atoms with Gasteiger partial charge in [0.15, 0.2) is 0 Å². The number of aromatic nitrogens is 2. The first-order valence-electron chi connectivity index (χ1n) is 9.06. The number of rotatable bonds is 6. The molecular weight excluding hydrogens is 440 g/mol. The quantitative estimate of drug-likeness (QED) is 0.439. The number of thioether (sulfide) groups is 1. The Balaban J connectivity index is 1.43. The number of thiocarbonyl (C=S) groups is 1. The summed E-state index contributed by atoms with van der Waals surface area (Å²) in [5.74, 6) is 0.542. The average Bonchev–Trinajstić information content (AvgIpc) is 3.46. The van der Waals surface area contributed by atoms with Crippen molar-refractivity contribution in [2.75, 3.05) is 11.9 Å². The van der Waals surface area contributed by atoms with Gasteiger partial charge in [0.2, 0.25) is 11.0 Å². The molecule has 3 aromatic rings. The van der Waals surface area contributed by atoms with Crippen molar-refractivity contribution in [1.82, 2.24) is 15.1 Å². The second-order valence-corrected chi connectivity index (χ2v) is 8.98. The van der Waals surface area contributed by atoms with Crippen LogP contribution in [0.1, 0.15) is 17.7 Å². The van der Waals surface area contributed by atoms with E-state index in [4.69, 9.17) is 16.6 Å². The zero-order valence-electron chi connectivity index (χ0n) is 15.8. The summed E-state index contributed by atoms with van der Waals surface area (Å²) in [6.45, 7) is 1.77. The Morgan fingerprint density at radius 2 is 2.03 bits per heavy atom.